The lowest BCUT2D eigenvalue weighted by atomic mass is 10.0. The van der Waals surface area contributed by atoms with Crippen molar-refractivity contribution in [1.29, 1.82) is 0 Å². The van der Waals surface area contributed by atoms with Crippen LogP contribution in [-0.4, -0.2) is 55.7 Å². The second-order valence-corrected chi connectivity index (χ2v) is 8.34. The Kier molecular flexibility index (Phi) is 5.60. The van der Waals surface area contributed by atoms with Crippen LogP contribution in [0, 0.1) is 0 Å². The lowest BCUT2D eigenvalue weighted by molar-refractivity contribution is -0.117. The number of rotatable bonds is 3. The van der Waals surface area contributed by atoms with Gasteiger partial charge < -0.3 is 23.9 Å². The van der Waals surface area contributed by atoms with Crippen LogP contribution in [0.5, 0.6) is 0 Å². The van der Waals surface area contributed by atoms with E-state index in [0.717, 1.165) is 30.0 Å². The van der Waals surface area contributed by atoms with Gasteiger partial charge in [0.2, 0.25) is 5.91 Å². The third-order valence-corrected chi connectivity index (χ3v) is 6.15. The number of hydrogen-bond acceptors (Lipinski definition) is 6. The maximum Gasteiger partial charge on any atom is 0.294 e. The summed E-state index contributed by atoms with van der Waals surface area (Å²) in [5, 5.41) is 0. The molecular formula is C25H26N4O4. The average Bonchev–Trinajstić information content (AvgIpc) is 3.38. The molecule has 33 heavy (non-hydrogen) atoms. The van der Waals surface area contributed by atoms with Crippen molar-refractivity contribution >= 4 is 29.0 Å². The number of nitrogens with zero attached hydrogens (tertiary/aromatic N) is 4. The van der Waals surface area contributed by atoms with Crippen molar-refractivity contribution in [3.63, 3.8) is 0 Å². The van der Waals surface area contributed by atoms with E-state index in [2.05, 4.69) is 9.88 Å². The van der Waals surface area contributed by atoms with E-state index in [1.165, 1.54) is 6.26 Å². The monoisotopic (exact) mass is 446 g/mol. The molecule has 3 aromatic rings. The van der Waals surface area contributed by atoms with E-state index in [-0.39, 0.29) is 23.6 Å². The van der Waals surface area contributed by atoms with Crippen LogP contribution in [-0.2, 0) is 9.53 Å². The minimum Gasteiger partial charge on any atom is -0.459 e. The molecule has 2 aliphatic heterocycles. The Morgan fingerprint density at radius 1 is 1.03 bits per heavy atom. The zero-order valence-corrected chi connectivity index (χ0v) is 18.7. The zero-order valence-electron chi connectivity index (χ0n) is 18.7. The summed E-state index contributed by atoms with van der Waals surface area (Å²) in [6.45, 7) is 6.94. The highest BCUT2D eigenvalue weighted by atomic mass is 16.5. The Morgan fingerprint density at radius 2 is 1.82 bits per heavy atom. The Morgan fingerprint density at radius 3 is 2.48 bits per heavy atom. The fourth-order valence-corrected chi connectivity index (χ4v) is 4.55. The number of hydrogen-bond donors (Lipinski definition) is 0. The molecule has 0 spiro atoms. The van der Waals surface area contributed by atoms with Gasteiger partial charge in [0.25, 0.3) is 5.91 Å². The molecule has 170 valence electrons. The van der Waals surface area contributed by atoms with Crippen molar-refractivity contribution in [2.24, 2.45) is 0 Å². The molecule has 0 radical (unpaired) electrons. The van der Waals surface area contributed by atoms with Gasteiger partial charge in [-0.15, -0.1) is 0 Å². The van der Waals surface area contributed by atoms with Crippen LogP contribution < -0.4 is 14.7 Å². The first-order valence-corrected chi connectivity index (χ1v) is 11.1. The van der Waals surface area contributed by atoms with Crippen molar-refractivity contribution in [3.8, 4) is 11.1 Å². The molecule has 0 aliphatic carbocycles. The summed E-state index contributed by atoms with van der Waals surface area (Å²) >= 11 is 0. The van der Waals surface area contributed by atoms with E-state index < -0.39 is 0 Å². The van der Waals surface area contributed by atoms with E-state index in [4.69, 9.17) is 9.15 Å². The minimum atomic E-state index is -0.228. The van der Waals surface area contributed by atoms with Crippen molar-refractivity contribution in [2.45, 2.75) is 19.9 Å². The highest BCUT2D eigenvalue weighted by molar-refractivity contribution is 6.10. The Balaban J connectivity index is 1.51. The van der Waals surface area contributed by atoms with Crippen LogP contribution in [0.2, 0.25) is 0 Å². The summed E-state index contributed by atoms with van der Waals surface area (Å²) in [4.78, 5) is 35.9. The number of fused-ring (bicyclic) bond motifs is 1. The lowest BCUT2D eigenvalue weighted by Crippen LogP contribution is -2.51. The second kappa shape index (κ2) is 8.71. The molecule has 1 unspecified atom stereocenters. The molecule has 8 nitrogen and oxygen atoms in total. The van der Waals surface area contributed by atoms with Gasteiger partial charge in [0.05, 0.1) is 36.9 Å². The standard InChI is InChI=1S/C25H26N4O4/c1-17-16-28(25(31)23-4-3-11-33-23)22-14-19(5-7-21(22)29(17)18(2)30)20-6-8-24(26-15-20)27-9-12-32-13-10-27/h3-8,11,14-15,17H,9-10,12-13,16H2,1-2H3. The number of furan rings is 1. The van der Waals surface area contributed by atoms with Crippen molar-refractivity contribution in [3.05, 3.63) is 60.7 Å². The van der Waals surface area contributed by atoms with Crippen LogP contribution in [0.25, 0.3) is 11.1 Å². The zero-order chi connectivity index (χ0) is 22.9. The third-order valence-electron chi connectivity index (χ3n) is 6.15. The van der Waals surface area contributed by atoms with Gasteiger partial charge in [0.1, 0.15) is 5.82 Å². The van der Waals surface area contributed by atoms with Crippen LogP contribution in [0.1, 0.15) is 24.4 Å². The quantitative estimate of drug-likeness (QED) is 0.612. The van der Waals surface area contributed by atoms with Crippen LogP contribution in [0.4, 0.5) is 17.2 Å². The Bertz CT molecular complexity index is 1150. The van der Waals surface area contributed by atoms with E-state index in [0.29, 0.717) is 31.1 Å². The number of amides is 2. The first kappa shape index (κ1) is 21.2. The summed E-state index contributed by atoms with van der Waals surface area (Å²) < 4.78 is 10.8. The number of aromatic nitrogens is 1. The van der Waals surface area contributed by atoms with Gasteiger partial charge in [-0.2, -0.15) is 0 Å². The molecule has 0 N–H and O–H groups in total. The second-order valence-electron chi connectivity index (χ2n) is 8.34. The fourth-order valence-electron chi connectivity index (χ4n) is 4.55. The molecule has 0 bridgehead atoms. The molecule has 1 saturated heterocycles. The summed E-state index contributed by atoms with van der Waals surface area (Å²) in [5.41, 5.74) is 3.25. The topological polar surface area (TPSA) is 79.1 Å². The first-order chi connectivity index (χ1) is 16.0. The van der Waals surface area contributed by atoms with Gasteiger partial charge in [0.15, 0.2) is 5.76 Å². The summed E-state index contributed by atoms with van der Waals surface area (Å²) in [5.74, 6) is 0.907. The van der Waals surface area contributed by atoms with Gasteiger partial charge in [0, 0.05) is 38.3 Å². The number of carbonyl (C=O) groups excluding carboxylic acids is 2. The molecule has 2 amide bonds. The molecule has 1 aromatic carbocycles. The van der Waals surface area contributed by atoms with Crippen molar-refractivity contribution in [1.82, 2.24) is 4.98 Å². The Hall–Kier alpha value is -3.65. The number of ether oxygens (including phenoxy) is 1. The maximum atomic E-state index is 13.2. The smallest absolute Gasteiger partial charge is 0.294 e. The number of morpholine rings is 1. The molecule has 4 heterocycles. The molecule has 8 heteroatoms. The molecule has 2 aromatic heterocycles. The predicted octanol–water partition coefficient (Wildman–Crippen LogP) is 3.58. The van der Waals surface area contributed by atoms with Crippen molar-refractivity contribution < 1.29 is 18.7 Å². The Labute approximate surface area is 192 Å². The number of carbonyl (C=O) groups is 2. The SMILES string of the molecule is CC(=O)N1c2ccc(-c3ccc(N4CCOCC4)nc3)cc2N(C(=O)c2ccco2)CC1C. The number of anilines is 3. The predicted molar refractivity (Wildman–Crippen MR) is 126 cm³/mol. The third kappa shape index (κ3) is 3.98. The fraction of sp³-hybridized carbons (Fsp3) is 0.320. The average molecular weight is 447 g/mol. The van der Waals surface area contributed by atoms with Gasteiger partial charge in [-0.3, -0.25) is 9.59 Å². The molecule has 0 saturated carbocycles. The van der Waals surface area contributed by atoms with Crippen LogP contribution in [0.3, 0.4) is 0 Å². The molecule has 5 rings (SSSR count). The highest BCUT2D eigenvalue weighted by Crippen LogP contribution is 2.39. The number of pyridine rings is 1. The molecular weight excluding hydrogens is 420 g/mol. The van der Waals surface area contributed by atoms with Gasteiger partial charge in [-0.25, -0.2) is 4.98 Å². The summed E-state index contributed by atoms with van der Waals surface area (Å²) in [7, 11) is 0. The van der Waals surface area contributed by atoms with E-state index >= 15 is 0 Å². The van der Waals surface area contributed by atoms with Crippen molar-refractivity contribution in [2.75, 3.05) is 47.5 Å². The minimum absolute atomic E-state index is 0.0573. The maximum absolute atomic E-state index is 13.2. The summed E-state index contributed by atoms with van der Waals surface area (Å²) in [6.07, 6.45) is 3.33. The van der Waals surface area contributed by atoms with E-state index in [1.807, 2.05) is 43.5 Å². The van der Waals surface area contributed by atoms with E-state index in [1.54, 1.807) is 28.9 Å². The first-order valence-electron chi connectivity index (χ1n) is 11.1. The molecule has 1 fully saturated rings. The normalized spacial score (nSPS) is 18.2. The van der Waals surface area contributed by atoms with Gasteiger partial charge in [-0.1, -0.05) is 6.07 Å². The number of benzene rings is 1. The van der Waals surface area contributed by atoms with Crippen LogP contribution >= 0.6 is 0 Å². The highest BCUT2D eigenvalue weighted by Gasteiger charge is 2.35. The van der Waals surface area contributed by atoms with Gasteiger partial charge in [-0.05, 0) is 48.9 Å². The molecule has 2 aliphatic rings. The van der Waals surface area contributed by atoms with E-state index in [9.17, 15) is 9.59 Å². The summed E-state index contributed by atoms with van der Waals surface area (Å²) in [6, 6.07) is 13.1. The lowest BCUT2D eigenvalue weighted by Gasteiger charge is -2.40. The largest absolute Gasteiger partial charge is 0.459 e. The molecule has 1 atom stereocenters. The van der Waals surface area contributed by atoms with Gasteiger partial charge >= 0.3 is 0 Å². The van der Waals surface area contributed by atoms with Crippen LogP contribution in [0.15, 0.2) is 59.3 Å².